The third kappa shape index (κ3) is 2.46. The van der Waals surface area contributed by atoms with Crippen molar-refractivity contribution in [3.05, 3.63) is 52.8 Å². The van der Waals surface area contributed by atoms with Crippen LogP contribution in [-0.4, -0.2) is 16.3 Å². The molecule has 2 aromatic rings. The van der Waals surface area contributed by atoms with Gasteiger partial charge < -0.3 is 5.32 Å². The normalized spacial score (nSPS) is 12.7. The molecule has 0 radical (unpaired) electrons. The van der Waals surface area contributed by atoms with E-state index in [1.54, 1.807) is 0 Å². The molecule has 18 heavy (non-hydrogen) atoms. The van der Waals surface area contributed by atoms with Gasteiger partial charge in [-0.3, -0.25) is 4.68 Å². The van der Waals surface area contributed by atoms with Crippen molar-refractivity contribution in [3.63, 3.8) is 0 Å². The molecule has 0 saturated carbocycles. The first-order chi connectivity index (χ1) is 8.63. The van der Waals surface area contributed by atoms with Gasteiger partial charge in [-0.1, -0.05) is 25.1 Å². The van der Waals surface area contributed by atoms with Crippen molar-refractivity contribution < 1.29 is 0 Å². The van der Waals surface area contributed by atoms with Gasteiger partial charge in [0.05, 0.1) is 11.7 Å². The van der Waals surface area contributed by atoms with Crippen molar-refractivity contribution in [2.75, 3.05) is 6.54 Å². The predicted octanol–water partition coefficient (Wildman–Crippen LogP) is 2.74. The second kappa shape index (κ2) is 5.36. The van der Waals surface area contributed by atoms with E-state index in [9.17, 15) is 0 Å². The summed E-state index contributed by atoms with van der Waals surface area (Å²) < 4.78 is 1.85. The molecule has 3 heteroatoms. The number of nitrogens with one attached hydrogen (secondary N) is 1. The maximum atomic E-state index is 4.54. The first-order valence-electron chi connectivity index (χ1n) is 6.42. The summed E-state index contributed by atoms with van der Waals surface area (Å²) in [7, 11) is 1.96. The highest BCUT2D eigenvalue weighted by molar-refractivity contribution is 5.40. The van der Waals surface area contributed by atoms with E-state index in [0.717, 1.165) is 12.2 Å². The van der Waals surface area contributed by atoms with Gasteiger partial charge in [-0.2, -0.15) is 5.10 Å². The third-order valence-corrected chi connectivity index (χ3v) is 3.27. The van der Waals surface area contributed by atoms with Crippen LogP contribution in [0.25, 0.3) is 0 Å². The molecular formula is C15H21N3. The molecule has 96 valence electrons. The van der Waals surface area contributed by atoms with E-state index < -0.39 is 0 Å². The monoisotopic (exact) mass is 243 g/mol. The summed E-state index contributed by atoms with van der Waals surface area (Å²) in [5, 5.41) is 8.08. The van der Waals surface area contributed by atoms with Crippen molar-refractivity contribution in [2.45, 2.75) is 26.8 Å². The Kier molecular flexibility index (Phi) is 3.82. The lowest BCUT2D eigenvalue weighted by atomic mass is 9.94. The number of rotatable bonds is 4. The van der Waals surface area contributed by atoms with E-state index in [-0.39, 0.29) is 6.04 Å². The number of aromatic nitrogens is 2. The fourth-order valence-electron chi connectivity index (χ4n) is 2.43. The maximum Gasteiger partial charge on any atom is 0.0839 e. The smallest absolute Gasteiger partial charge is 0.0839 e. The molecule has 0 bridgehead atoms. The maximum absolute atomic E-state index is 4.54. The number of hydrogen-bond acceptors (Lipinski definition) is 2. The zero-order chi connectivity index (χ0) is 13.1. The van der Waals surface area contributed by atoms with Crippen molar-refractivity contribution in [1.29, 1.82) is 0 Å². The summed E-state index contributed by atoms with van der Waals surface area (Å²) in [5.41, 5.74) is 5.05. The predicted molar refractivity (Wildman–Crippen MR) is 74.6 cm³/mol. The first kappa shape index (κ1) is 12.8. The molecule has 1 aromatic heterocycles. The number of benzene rings is 1. The van der Waals surface area contributed by atoms with E-state index in [2.05, 4.69) is 55.5 Å². The molecule has 1 atom stereocenters. The van der Waals surface area contributed by atoms with Crippen LogP contribution >= 0.6 is 0 Å². The van der Waals surface area contributed by atoms with Crippen LogP contribution in [0.3, 0.4) is 0 Å². The molecule has 1 N–H and O–H groups in total. The van der Waals surface area contributed by atoms with Gasteiger partial charge in [0.1, 0.15) is 0 Å². The second-order valence-electron chi connectivity index (χ2n) is 4.71. The van der Waals surface area contributed by atoms with Gasteiger partial charge in [-0.25, -0.2) is 0 Å². The SMILES string of the molecule is CCNC(c1ccn(C)n1)c1c(C)cccc1C. The van der Waals surface area contributed by atoms with Crippen molar-refractivity contribution in [2.24, 2.45) is 7.05 Å². The molecule has 1 aromatic carbocycles. The average Bonchev–Trinajstić information content (AvgIpc) is 2.74. The highest BCUT2D eigenvalue weighted by atomic mass is 15.3. The molecule has 0 fully saturated rings. The second-order valence-corrected chi connectivity index (χ2v) is 4.71. The standard InChI is InChI=1S/C15H21N3/c1-5-16-15(13-9-10-18(4)17-13)14-11(2)7-6-8-12(14)3/h6-10,15-16H,5H2,1-4H3. The van der Waals surface area contributed by atoms with Crippen LogP contribution in [0.1, 0.15) is 35.3 Å². The van der Waals surface area contributed by atoms with Crippen LogP contribution in [0.15, 0.2) is 30.5 Å². The topological polar surface area (TPSA) is 29.9 Å². The fourth-order valence-corrected chi connectivity index (χ4v) is 2.43. The minimum atomic E-state index is 0.178. The Hall–Kier alpha value is -1.61. The Morgan fingerprint density at radius 3 is 2.39 bits per heavy atom. The highest BCUT2D eigenvalue weighted by Crippen LogP contribution is 2.26. The first-order valence-corrected chi connectivity index (χ1v) is 6.42. The molecular weight excluding hydrogens is 222 g/mol. The van der Waals surface area contributed by atoms with Crippen molar-refractivity contribution >= 4 is 0 Å². The van der Waals surface area contributed by atoms with Gasteiger partial charge in [0.2, 0.25) is 0 Å². The van der Waals surface area contributed by atoms with Crippen LogP contribution < -0.4 is 5.32 Å². The minimum Gasteiger partial charge on any atom is -0.305 e. The van der Waals surface area contributed by atoms with Crippen molar-refractivity contribution in [3.8, 4) is 0 Å². The Morgan fingerprint density at radius 1 is 1.22 bits per heavy atom. The van der Waals surface area contributed by atoms with Gasteiger partial charge in [0, 0.05) is 13.2 Å². The molecule has 0 aliphatic carbocycles. The summed E-state index contributed by atoms with van der Waals surface area (Å²) in [5.74, 6) is 0. The summed E-state index contributed by atoms with van der Waals surface area (Å²) in [6.45, 7) is 7.38. The zero-order valence-corrected chi connectivity index (χ0v) is 11.6. The summed E-state index contributed by atoms with van der Waals surface area (Å²) in [6, 6.07) is 8.69. The van der Waals surface area contributed by atoms with Crippen LogP contribution in [0.5, 0.6) is 0 Å². The van der Waals surface area contributed by atoms with Gasteiger partial charge >= 0.3 is 0 Å². The van der Waals surface area contributed by atoms with Gasteiger partial charge in [-0.05, 0) is 43.1 Å². The Morgan fingerprint density at radius 2 is 1.89 bits per heavy atom. The van der Waals surface area contributed by atoms with Crippen LogP contribution in [-0.2, 0) is 7.05 Å². The summed E-state index contributed by atoms with van der Waals surface area (Å²) >= 11 is 0. The average molecular weight is 243 g/mol. The minimum absolute atomic E-state index is 0.178. The van der Waals surface area contributed by atoms with Gasteiger partial charge in [-0.15, -0.1) is 0 Å². The molecule has 0 saturated heterocycles. The van der Waals surface area contributed by atoms with E-state index in [0.29, 0.717) is 0 Å². The lowest BCUT2D eigenvalue weighted by Gasteiger charge is -2.20. The van der Waals surface area contributed by atoms with Crippen LogP contribution in [0, 0.1) is 13.8 Å². The Bertz CT molecular complexity index is 508. The van der Waals surface area contributed by atoms with Gasteiger partial charge in [0.15, 0.2) is 0 Å². The molecule has 0 amide bonds. The van der Waals surface area contributed by atoms with E-state index in [1.807, 2.05) is 17.9 Å². The van der Waals surface area contributed by atoms with Crippen LogP contribution in [0.2, 0.25) is 0 Å². The molecule has 0 aliphatic heterocycles. The highest BCUT2D eigenvalue weighted by Gasteiger charge is 2.19. The lowest BCUT2D eigenvalue weighted by molar-refractivity contribution is 0.595. The van der Waals surface area contributed by atoms with E-state index in [4.69, 9.17) is 0 Å². The summed E-state index contributed by atoms with van der Waals surface area (Å²) in [4.78, 5) is 0. The van der Waals surface area contributed by atoms with Gasteiger partial charge in [0.25, 0.3) is 0 Å². The Labute approximate surface area is 109 Å². The molecule has 0 spiro atoms. The fraction of sp³-hybridized carbons (Fsp3) is 0.400. The molecule has 1 heterocycles. The largest absolute Gasteiger partial charge is 0.305 e. The molecule has 1 unspecified atom stereocenters. The van der Waals surface area contributed by atoms with Crippen LogP contribution in [0.4, 0.5) is 0 Å². The quantitative estimate of drug-likeness (QED) is 0.895. The molecule has 3 nitrogen and oxygen atoms in total. The molecule has 0 aliphatic rings. The third-order valence-electron chi connectivity index (χ3n) is 3.27. The number of aryl methyl sites for hydroxylation is 3. The van der Waals surface area contributed by atoms with E-state index >= 15 is 0 Å². The summed E-state index contributed by atoms with van der Waals surface area (Å²) in [6.07, 6.45) is 1.99. The Balaban J connectivity index is 2.47. The number of nitrogens with zero attached hydrogens (tertiary/aromatic N) is 2. The number of hydrogen-bond donors (Lipinski definition) is 1. The van der Waals surface area contributed by atoms with Crippen molar-refractivity contribution in [1.82, 2.24) is 15.1 Å². The lowest BCUT2D eigenvalue weighted by Crippen LogP contribution is -2.24. The molecule has 2 rings (SSSR count). The zero-order valence-electron chi connectivity index (χ0n) is 11.6. The van der Waals surface area contributed by atoms with E-state index in [1.165, 1.54) is 16.7 Å².